The molecule has 2 aromatic carbocycles. The van der Waals surface area contributed by atoms with E-state index in [1.54, 1.807) is 35.2 Å². The molecular formula is C23H23Cl2N3O3. The van der Waals surface area contributed by atoms with Crippen LogP contribution in [0.1, 0.15) is 27.7 Å². The van der Waals surface area contributed by atoms with Crippen LogP contribution in [0.3, 0.4) is 0 Å². The Morgan fingerprint density at radius 1 is 1.10 bits per heavy atom. The maximum Gasteiger partial charge on any atom is 0.251 e. The van der Waals surface area contributed by atoms with E-state index < -0.39 is 17.5 Å². The van der Waals surface area contributed by atoms with Crippen molar-refractivity contribution >= 4 is 46.0 Å². The molecule has 1 heterocycles. The van der Waals surface area contributed by atoms with Crippen LogP contribution in [0.2, 0.25) is 5.02 Å². The maximum atomic E-state index is 12.9. The molecule has 0 saturated carbocycles. The maximum absolute atomic E-state index is 12.9. The van der Waals surface area contributed by atoms with Crippen molar-refractivity contribution in [2.24, 2.45) is 0 Å². The second kappa shape index (κ2) is 8.91. The number of nitrogens with one attached hydrogen (secondary N) is 2. The zero-order valence-corrected chi connectivity index (χ0v) is 18.7. The molecule has 2 amide bonds. The Hall–Kier alpha value is -2.54. The number of halogens is 2. The summed E-state index contributed by atoms with van der Waals surface area (Å²) in [5.41, 5.74) is 1.88. The molecule has 8 heteroatoms. The lowest BCUT2D eigenvalue weighted by Gasteiger charge is -2.35. The molecule has 2 N–H and O–H groups in total. The number of para-hydroxylation sites is 1. The molecule has 3 atom stereocenters. The van der Waals surface area contributed by atoms with Crippen LogP contribution in [0.5, 0.6) is 0 Å². The van der Waals surface area contributed by atoms with Gasteiger partial charge in [0.25, 0.3) is 5.91 Å². The molecule has 0 aliphatic heterocycles. The van der Waals surface area contributed by atoms with E-state index in [1.165, 1.54) is 0 Å². The minimum atomic E-state index is -0.578. The zero-order valence-electron chi connectivity index (χ0n) is 17.2. The summed E-state index contributed by atoms with van der Waals surface area (Å²) in [7, 11) is 3.64. The molecule has 3 unspecified atom stereocenters. The van der Waals surface area contributed by atoms with Crippen LogP contribution in [-0.4, -0.2) is 48.8 Å². The molecule has 0 saturated heterocycles. The number of amides is 2. The first-order valence-corrected chi connectivity index (χ1v) is 10.8. The van der Waals surface area contributed by atoms with Crippen molar-refractivity contribution < 1.29 is 14.0 Å². The number of nitrogens with zero attached hydrogens (tertiary/aromatic N) is 1. The summed E-state index contributed by atoms with van der Waals surface area (Å²) in [4.78, 5) is 27.1. The Kier molecular flexibility index (Phi) is 6.23. The third kappa shape index (κ3) is 4.42. The Balaban J connectivity index is 1.72. The number of carbonyl (C=O) groups is 2. The summed E-state index contributed by atoms with van der Waals surface area (Å²) in [5, 5.41) is 6.75. The van der Waals surface area contributed by atoms with Gasteiger partial charge in [-0.1, -0.05) is 41.9 Å². The summed E-state index contributed by atoms with van der Waals surface area (Å²) in [6, 6.07) is 13.4. The molecule has 0 spiro atoms. The SMILES string of the molecule is CN(C)CC(=O)NC1Cc2oc3c(Cl)cccc3c2C(NC(=O)c2ccccc2)C1Cl. The number of carbonyl (C=O) groups excluding carboxylic acids is 2. The topological polar surface area (TPSA) is 74.6 Å². The number of rotatable bonds is 5. The molecule has 4 rings (SSSR count). The van der Waals surface area contributed by atoms with E-state index in [0.29, 0.717) is 28.4 Å². The van der Waals surface area contributed by atoms with Gasteiger partial charge in [-0.15, -0.1) is 11.6 Å². The van der Waals surface area contributed by atoms with E-state index >= 15 is 0 Å². The van der Waals surface area contributed by atoms with Crippen LogP contribution in [0.25, 0.3) is 11.0 Å². The van der Waals surface area contributed by atoms with Gasteiger partial charge >= 0.3 is 0 Å². The highest BCUT2D eigenvalue weighted by Gasteiger charge is 2.41. The quantitative estimate of drug-likeness (QED) is 0.569. The number of fused-ring (bicyclic) bond motifs is 3. The first-order valence-electron chi connectivity index (χ1n) is 9.99. The van der Waals surface area contributed by atoms with Crippen molar-refractivity contribution in [3.05, 3.63) is 70.4 Å². The highest BCUT2D eigenvalue weighted by molar-refractivity contribution is 6.35. The van der Waals surface area contributed by atoms with Gasteiger partial charge in [0.2, 0.25) is 5.91 Å². The fourth-order valence-electron chi connectivity index (χ4n) is 3.99. The number of hydrogen-bond acceptors (Lipinski definition) is 4. The normalized spacial score (nSPS) is 20.5. The van der Waals surface area contributed by atoms with Crippen molar-refractivity contribution in [3.63, 3.8) is 0 Å². The van der Waals surface area contributed by atoms with Crippen LogP contribution < -0.4 is 10.6 Å². The summed E-state index contributed by atoms with van der Waals surface area (Å²) in [6.45, 7) is 0.236. The second-order valence-corrected chi connectivity index (χ2v) is 8.84. The summed E-state index contributed by atoms with van der Waals surface area (Å²) < 4.78 is 6.08. The lowest BCUT2D eigenvalue weighted by atomic mass is 9.86. The van der Waals surface area contributed by atoms with Gasteiger partial charge in [-0.2, -0.15) is 0 Å². The highest BCUT2D eigenvalue weighted by Crippen LogP contribution is 2.42. The van der Waals surface area contributed by atoms with Gasteiger partial charge in [-0.05, 0) is 32.3 Å². The molecule has 3 aromatic rings. The van der Waals surface area contributed by atoms with Gasteiger partial charge in [0.05, 0.1) is 29.0 Å². The number of alkyl halides is 1. The summed E-state index contributed by atoms with van der Waals surface area (Å²) in [6.07, 6.45) is 0.408. The smallest absolute Gasteiger partial charge is 0.251 e. The average Bonchev–Trinajstić information content (AvgIpc) is 3.10. The minimum absolute atomic E-state index is 0.147. The molecule has 31 heavy (non-hydrogen) atoms. The van der Waals surface area contributed by atoms with Crippen molar-refractivity contribution in [1.29, 1.82) is 0 Å². The monoisotopic (exact) mass is 459 g/mol. The number of furan rings is 1. The Morgan fingerprint density at radius 3 is 2.55 bits per heavy atom. The van der Waals surface area contributed by atoms with Gasteiger partial charge in [0.1, 0.15) is 5.76 Å². The van der Waals surface area contributed by atoms with Crippen LogP contribution >= 0.6 is 23.2 Å². The molecular weight excluding hydrogens is 437 g/mol. The van der Waals surface area contributed by atoms with E-state index in [-0.39, 0.29) is 18.4 Å². The molecule has 6 nitrogen and oxygen atoms in total. The van der Waals surface area contributed by atoms with E-state index in [0.717, 1.165) is 10.9 Å². The predicted octanol–water partition coefficient (Wildman–Crippen LogP) is 3.77. The Labute approximate surface area is 190 Å². The fraction of sp³-hybridized carbons (Fsp3) is 0.304. The van der Waals surface area contributed by atoms with Crippen molar-refractivity contribution in [2.45, 2.75) is 23.9 Å². The van der Waals surface area contributed by atoms with Crippen molar-refractivity contribution in [2.75, 3.05) is 20.6 Å². The number of benzene rings is 2. The first-order chi connectivity index (χ1) is 14.8. The Bertz CT molecular complexity index is 1110. The van der Waals surface area contributed by atoms with Crippen LogP contribution in [-0.2, 0) is 11.2 Å². The van der Waals surface area contributed by atoms with Crippen molar-refractivity contribution in [3.8, 4) is 0 Å². The number of likely N-dealkylation sites (N-methyl/N-ethyl adjacent to an activating group) is 1. The van der Waals surface area contributed by atoms with Crippen LogP contribution in [0, 0.1) is 0 Å². The lowest BCUT2D eigenvalue weighted by Crippen LogP contribution is -2.52. The molecule has 1 aliphatic carbocycles. The van der Waals surface area contributed by atoms with Gasteiger partial charge in [0.15, 0.2) is 5.58 Å². The van der Waals surface area contributed by atoms with Crippen LogP contribution in [0.15, 0.2) is 52.9 Å². The van der Waals surface area contributed by atoms with E-state index in [9.17, 15) is 9.59 Å². The molecule has 1 aromatic heterocycles. The largest absolute Gasteiger partial charge is 0.459 e. The Morgan fingerprint density at radius 2 is 1.84 bits per heavy atom. The van der Waals surface area contributed by atoms with E-state index in [1.807, 2.05) is 32.3 Å². The summed E-state index contributed by atoms with van der Waals surface area (Å²) in [5.74, 6) is 0.263. The lowest BCUT2D eigenvalue weighted by molar-refractivity contribution is -0.122. The zero-order chi connectivity index (χ0) is 22.1. The fourth-order valence-corrected chi connectivity index (χ4v) is 4.54. The second-order valence-electron chi connectivity index (χ2n) is 7.93. The van der Waals surface area contributed by atoms with E-state index in [4.69, 9.17) is 27.6 Å². The van der Waals surface area contributed by atoms with Gasteiger partial charge in [0, 0.05) is 22.9 Å². The van der Waals surface area contributed by atoms with Gasteiger partial charge < -0.3 is 20.0 Å². The van der Waals surface area contributed by atoms with E-state index in [2.05, 4.69) is 10.6 Å². The standard InChI is InChI=1S/C23H23Cl2N3O3/c1-28(2)12-18(29)26-16-11-17-19(14-9-6-10-15(24)22(14)31-17)21(20(16)25)27-23(30)13-7-4-3-5-8-13/h3-10,16,20-21H,11-12H2,1-2H3,(H,26,29)(H,27,30). The molecule has 1 aliphatic rings. The van der Waals surface area contributed by atoms with Crippen LogP contribution in [0.4, 0.5) is 0 Å². The average molecular weight is 460 g/mol. The first kappa shape index (κ1) is 21.7. The molecule has 162 valence electrons. The predicted molar refractivity (Wildman–Crippen MR) is 122 cm³/mol. The number of hydrogen-bond donors (Lipinski definition) is 2. The molecule has 0 bridgehead atoms. The molecule has 0 fully saturated rings. The minimum Gasteiger partial charge on any atom is -0.459 e. The summed E-state index contributed by atoms with van der Waals surface area (Å²) >= 11 is 13.2. The highest BCUT2D eigenvalue weighted by atomic mass is 35.5. The van der Waals surface area contributed by atoms with Crippen molar-refractivity contribution in [1.82, 2.24) is 15.5 Å². The van der Waals surface area contributed by atoms with Gasteiger partial charge in [-0.3, -0.25) is 9.59 Å². The molecule has 0 radical (unpaired) electrons. The third-order valence-corrected chi connectivity index (χ3v) is 6.18. The van der Waals surface area contributed by atoms with Gasteiger partial charge in [-0.25, -0.2) is 0 Å². The third-order valence-electron chi connectivity index (χ3n) is 5.33.